The number of hydrogen-bond donors (Lipinski definition) is 0. The summed E-state index contributed by atoms with van der Waals surface area (Å²) in [7, 11) is 2.01. The Balaban J connectivity index is 1.93. The number of allylic oxidation sites excluding steroid dienone is 2. The Kier molecular flexibility index (Phi) is 4.93. The van der Waals surface area contributed by atoms with Crippen LogP contribution in [0.15, 0.2) is 12.2 Å². The lowest BCUT2D eigenvalue weighted by molar-refractivity contribution is -0.142. The third-order valence-electron chi connectivity index (χ3n) is 5.59. The molecule has 2 bridgehead atoms. The molecule has 2 heteroatoms. The predicted octanol–water partition coefficient (Wildman–Crippen LogP) is 4.26. The second kappa shape index (κ2) is 6.32. The minimum Gasteiger partial charge on any atom is -0.345 e. The third-order valence-corrected chi connectivity index (χ3v) is 5.59. The summed E-state index contributed by atoms with van der Waals surface area (Å²) < 4.78 is 0. The highest BCUT2D eigenvalue weighted by Gasteiger charge is 2.50. The van der Waals surface area contributed by atoms with Crippen LogP contribution in [0.25, 0.3) is 0 Å². The van der Waals surface area contributed by atoms with Crippen molar-refractivity contribution in [3.63, 3.8) is 0 Å². The van der Waals surface area contributed by atoms with Crippen molar-refractivity contribution in [3.05, 3.63) is 12.2 Å². The molecule has 1 amide bonds. The van der Waals surface area contributed by atoms with Crippen molar-refractivity contribution >= 4 is 5.91 Å². The first-order chi connectivity index (χ1) is 9.51. The second-order valence-electron chi connectivity index (χ2n) is 7.21. The zero-order valence-corrected chi connectivity index (χ0v) is 13.7. The Hall–Kier alpha value is -0.790. The van der Waals surface area contributed by atoms with Gasteiger partial charge in [0.15, 0.2) is 0 Å². The van der Waals surface area contributed by atoms with E-state index in [2.05, 4.69) is 32.9 Å². The largest absolute Gasteiger partial charge is 0.345 e. The van der Waals surface area contributed by atoms with E-state index < -0.39 is 0 Å². The first-order valence-corrected chi connectivity index (χ1v) is 8.45. The van der Waals surface area contributed by atoms with E-state index >= 15 is 0 Å². The molecule has 0 aromatic rings. The van der Waals surface area contributed by atoms with Crippen molar-refractivity contribution < 1.29 is 4.79 Å². The monoisotopic (exact) mass is 277 g/mol. The smallest absolute Gasteiger partial charge is 0.228 e. The van der Waals surface area contributed by atoms with Gasteiger partial charge < -0.3 is 4.90 Å². The number of nitrogens with zero attached hydrogens (tertiary/aromatic N) is 1. The lowest BCUT2D eigenvalue weighted by Crippen LogP contribution is -2.44. The maximum absolute atomic E-state index is 12.9. The Morgan fingerprint density at radius 3 is 2.65 bits per heavy atom. The van der Waals surface area contributed by atoms with Gasteiger partial charge in [-0.15, -0.1) is 0 Å². The number of fused-ring (bicyclic) bond motifs is 2. The van der Waals surface area contributed by atoms with E-state index in [1.165, 1.54) is 32.1 Å². The molecule has 0 aromatic heterocycles. The van der Waals surface area contributed by atoms with Gasteiger partial charge in [0.05, 0.1) is 5.41 Å². The van der Waals surface area contributed by atoms with Gasteiger partial charge in [-0.1, -0.05) is 52.2 Å². The van der Waals surface area contributed by atoms with Gasteiger partial charge in [0, 0.05) is 13.6 Å². The second-order valence-corrected chi connectivity index (χ2v) is 7.21. The number of hydrogen-bond acceptors (Lipinski definition) is 1. The summed E-state index contributed by atoms with van der Waals surface area (Å²) in [5.41, 5.74) is -0.128. The van der Waals surface area contributed by atoms with Gasteiger partial charge >= 0.3 is 0 Å². The van der Waals surface area contributed by atoms with E-state index in [4.69, 9.17) is 0 Å². The molecule has 114 valence electrons. The van der Waals surface area contributed by atoms with Crippen molar-refractivity contribution in [1.29, 1.82) is 0 Å². The number of carbonyl (C=O) groups is 1. The summed E-state index contributed by atoms with van der Waals surface area (Å²) in [5, 5.41) is 0. The van der Waals surface area contributed by atoms with Crippen LogP contribution >= 0.6 is 0 Å². The molecule has 4 atom stereocenters. The topological polar surface area (TPSA) is 20.3 Å². The summed E-state index contributed by atoms with van der Waals surface area (Å²) in [6.45, 7) is 7.61. The first kappa shape index (κ1) is 15.6. The fourth-order valence-electron chi connectivity index (χ4n) is 4.16. The molecule has 0 radical (unpaired) electrons. The molecule has 2 rings (SSSR count). The number of rotatable bonds is 7. The molecule has 4 unspecified atom stereocenters. The molecule has 20 heavy (non-hydrogen) atoms. The Morgan fingerprint density at radius 1 is 1.40 bits per heavy atom. The van der Waals surface area contributed by atoms with Gasteiger partial charge in [0.25, 0.3) is 0 Å². The molecule has 1 saturated carbocycles. The van der Waals surface area contributed by atoms with Gasteiger partial charge in [0.2, 0.25) is 5.91 Å². The number of unbranched alkanes of at least 4 members (excludes halogenated alkanes) is 1. The number of carbonyl (C=O) groups excluding carboxylic acids is 1. The third kappa shape index (κ3) is 2.94. The van der Waals surface area contributed by atoms with E-state index in [1.807, 2.05) is 11.9 Å². The molecule has 0 heterocycles. The quantitative estimate of drug-likeness (QED) is 0.637. The molecule has 0 aliphatic heterocycles. The van der Waals surface area contributed by atoms with E-state index in [0.717, 1.165) is 13.0 Å². The minimum absolute atomic E-state index is 0.128. The van der Waals surface area contributed by atoms with E-state index in [1.54, 1.807) is 0 Å². The zero-order chi connectivity index (χ0) is 14.8. The minimum atomic E-state index is -0.128. The average molecular weight is 277 g/mol. The molecule has 2 nitrogen and oxygen atoms in total. The van der Waals surface area contributed by atoms with Gasteiger partial charge in [-0.3, -0.25) is 4.79 Å². The van der Waals surface area contributed by atoms with Crippen LogP contribution in [0.1, 0.15) is 59.3 Å². The van der Waals surface area contributed by atoms with Crippen LogP contribution in [0.2, 0.25) is 0 Å². The molecular formula is C18H31NO. The predicted molar refractivity (Wildman–Crippen MR) is 84.4 cm³/mol. The van der Waals surface area contributed by atoms with Crippen molar-refractivity contribution in [1.82, 2.24) is 4.90 Å². The van der Waals surface area contributed by atoms with E-state index in [-0.39, 0.29) is 5.41 Å². The van der Waals surface area contributed by atoms with Crippen LogP contribution < -0.4 is 0 Å². The molecule has 0 spiro atoms. The molecule has 0 N–H and O–H groups in total. The zero-order valence-electron chi connectivity index (χ0n) is 13.7. The summed E-state index contributed by atoms with van der Waals surface area (Å²) >= 11 is 0. The van der Waals surface area contributed by atoms with Crippen LogP contribution in [0.5, 0.6) is 0 Å². The lowest BCUT2D eigenvalue weighted by atomic mass is 9.76. The van der Waals surface area contributed by atoms with Crippen LogP contribution in [0.3, 0.4) is 0 Å². The standard InChI is InChI=1S/C18H31NO/c1-5-7-8-14(6-2)13-19(4)17(20)18(3)12-15-9-10-16(18)11-15/h9-10,14-16H,5-8,11-13H2,1-4H3. The van der Waals surface area contributed by atoms with Crippen molar-refractivity contribution in [2.24, 2.45) is 23.2 Å². The molecule has 1 fully saturated rings. The summed E-state index contributed by atoms with van der Waals surface area (Å²) in [5.74, 6) is 2.19. The van der Waals surface area contributed by atoms with Gasteiger partial charge in [0.1, 0.15) is 0 Å². The van der Waals surface area contributed by atoms with Gasteiger partial charge in [-0.25, -0.2) is 0 Å². The Labute approximate surface area is 124 Å². The lowest BCUT2D eigenvalue weighted by Gasteiger charge is -2.35. The fraction of sp³-hybridized carbons (Fsp3) is 0.833. The Bertz CT molecular complexity index is 376. The molecule has 0 saturated heterocycles. The van der Waals surface area contributed by atoms with Crippen molar-refractivity contribution in [3.8, 4) is 0 Å². The fourth-order valence-corrected chi connectivity index (χ4v) is 4.16. The van der Waals surface area contributed by atoms with Crippen molar-refractivity contribution in [2.75, 3.05) is 13.6 Å². The molecule has 2 aliphatic rings. The molecule has 2 aliphatic carbocycles. The normalized spacial score (nSPS) is 32.6. The summed E-state index contributed by atoms with van der Waals surface area (Å²) in [4.78, 5) is 14.9. The van der Waals surface area contributed by atoms with Crippen LogP contribution in [0, 0.1) is 23.2 Å². The van der Waals surface area contributed by atoms with Crippen LogP contribution in [-0.2, 0) is 4.79 Å². The average Bonchev–Trinajstić information content (AvgIpc) is 3.02. The first-order valence-electron chi connectivity index (χ1n) is 8.45. The summed E-state index contributed by atoms with van der Waals surface area (Å²) in [6, 6.07) is 0. The highest BCUT2D eigenvalue weighted by molar-refractivity contribution is 5.83. The maximum atomic E-state index is 12.9. The van der Waals surface area contributed by atoms with Crippen LogP contribution in [-0.4, -0.2) is 24.4 Å². The maximum Gasteiger partial charge on any atom is 0.228 e. The number of amides is 1. The van der Waals surface area contributed by atoms with Crippen LogP contribution in [0.4, 0.5) is 0 Å². The molecule has 0 aromatic carbocycles. The van der Waals surface area contributed by atoms with E-state index in [9.17, 15) is 4.79 Å². The SMILES string of the molecule is CCCCC(CC)CN(C)C(=O)C1(C)CC2C=CC1C2. The van der Waals surface area contributed by atoms with Crippen molar-refractivity contribution in [2.45, 2.75) is 59.3 Å². The molecular weight excluding hydrogens is 246 g/mol. The highest BCUT2D eigenvalue weighted by Crippen LogP contribution is 2.52. The Morgan fingerprint density at radius 2 is 2.15 bits per heavy atom. The summed E-state index contributed by atoms with van der Waals surface area (Å²) in [6.07, 6.45) is 11.8. The van der Waals surface area contributed by atoms with Gasteiger partial charge in [-0.05, 0) is 37.0 Å². The highest BCUT2D eigenvalue weighted by atomic mass is 16.2. The van der Waals surface area contributed by atoms with E-state index in [0.29, 0.717) is 23.7 Å². The van der Waals surface area contributed by atoms with Gasteiger partial charge in [-0.2, -0.15) is 0 Å².